The molecule has 0 bridgehead atoms. The maximum absolute atomic E-state index is 12.3. The lowest BCUT2D eigenvalue weighted by Gasteiger charge is -2.14. The van der Waals surface area contributed by atoms with Crippen LogP contribution in [-0.2, 0) is 16.1 Å². The van der Waals surface area contributed by atoms with E-state index in [1.54, 1.807) is 18.5 Å². The number of furan rings is 1. The van der Waals surface area contributed by atoms with Crippen molar-refractivity contribution < 1.29 is 23.8 Å². The minimum atomic E-state index is -1.19. The Bertz CT molecular complexity index is 893. The first-order valence-electron chi connectivity index (χ1n) is 8.28. The number of pyridine rings is 1. The number of carboxylic acids is 1. The topological polar surface area (TPSA) is 102 Å². The number of rotatable bonds is 8. The number of nitrogens with one attached hydrogen (secondary N) is 1. The molecule has 1 amide bonds. The highest BCUT2D eigenvalue weighted by Crippen LogP contribution is 2.21. The zero-order chi connectivity index (χ0) is 19.1. The molecule has 0 aliphatic carbocycles. The summed E-state index contributed by atoms with van der Waals surface area (Å²) in [5.74, 6) is -1.79. The fraction of sp³-hybridized carbons (Fsp3) is 0.150. The van der Waals surface area contributed by atoms with Crippen molar-refractivity contribution >= 4 is 11.9 Å². The molecule has 3 aromatic rings. The van der Waals surface area contributed by atoms with Gasteiger partial charge in [-0.25, -0.2) is 4.79 Å². The van der Waals surface area contributed by atoms with E-state index in [1.807, 2.05) is 36.4 Å². The third-order valence-corrected chi connectivity index (χ3v) is 3.82. The van der Waals surface area contributed by atoms with Crippen LogP contribution in [0.5, 0.6) is 0 Å². The van der Waals surface area contributed by atoms with Gasteiger partial charge in [0.25, 0.3) is 5.91 Å². The molecule has 3 rings (SSSR count). The smallest absolute Gasteiger partial charge is 0.328 e. The average molecular weight is 366 g/mol. The Morgan fingerprint density at radius 3 is 2.67 bits per heavy atom. The van der Waals surface area contributed by atoms with E-state index in [0.717, 1.165) is 11.1 Å². The van der Waals surface area contributed by atoms with E-state index in [1.165, 1.54) is 12.3 Å². The van der Waals surface area contributed by atoms with Gasteiger partial charge in [0.15, 0.2) is 11.8 Å². The van der Waals surface area contributed by atoms with E-state index in [2.05, 4.69) is 10.3 Å². The first kappa shape index (κ1) is 18.3. The van der Waals surface area contributed by atoms with Crippen molar-refractivity contribution in [2.24, 2.45) is 0 Å². The molecule has 0 aliphatic rings. The van der Waals surface area contributed by atoms with E-state index >= 15 is 0 Å². The summed E-state index contributed by atoms with van der Waals surface area (Å²) in [4.78, 5) is 27.7. The number of carbonyl (C=O) groups excluding carboxylic acids is 1. The number of carbonyl (C=O) groups is 2. The highest BCUT2D eigenvalue weighted by molar-refractivity contribution is 5.95. The predicted octanol–water partition coefficient (Wildman–Crippen LogP) is 2.74. The standard InChI is InChI=1S/C20H18N2O5/c23-19(18-9-16(12-27-18)15-7-4-8-21-10-15)22-17(20(24)25)13-26-11-14-5-2-1-3-6-14/h1-10,12,17H,11,13H2,(H,22,23)(H,24,25)/t17-/m0/s1. The van der Waals surface area contributed by atoms with Crippen LogP contribution in [0.15, 0.2) is 71.6 Å². The van der Waals surface area contributed by atoms with Crippen LogP contribution in [0.25, 0.3) is 11.1 Å². The lowest BCUT2D eigenvalue weighted by molar-refractivity contribution is -0.141. The molecule has 0 saturated carbocycles. The van der Waals surface area contributed by atoms with E-state index in [4.69, 9.17) is 9.15 Å². The van der Waals surface area contributed by atoms with E-state index < -0.39 is 17.9 Å². The van der Waals surface area contributed by atoms with Gasteiger partial charge in [-0.2, -0.15) is 0 Å². The largest absolute Gasteiger partial charge is 0.480 e. The fourth-order valence-corrected chi connectivity index (χ4v) is 2.41. The molecule has 7 heteroatoms. The molecule has 2 N–H and O–H groups in total. The van der Waals surface area contributed by atoms with E-state index in [9.17, 15) is 14.7 Å². The second kappa shape index (κ2) is 8.77. The lowest BCUT2D eigenvalue weighted by Crippen LogP contribution is -2.43. The molecule has 1 atom stereocenters. The summed E-state index contributed by atoms with van der Waals surface area (Å²) in [7, 11) is 0. The van der Waals surface area contributed by atoms with Gasteiger partial charge in [0.05, 0.1) is 19.5 Å². The normalized spacial score (nSPS) is 11.7. The van der Waals surface area contributed by atoms with Crippen LogP contribution in [-0.4, -0.2) is 34.6 Å². The van der Waals surface area contributed by atoms with Crippen LogP contribution in [0.2, 0.25) is 0 Å². The van der Waals surface area contributed by atoms with Crippen LogP contribution in [0.1, 0.15) is 16.1 Å². The number of aliphatic carboxylic acids is 1. The number of ether oxygens (including phenoxy) is 1. The number of amides is 1. The SMILES string of the molecule is O=C(N[C@@H](COCc1ccccc1)C(=O)O)c1cc(-c2cccnc2)co1. The van der Waals surface area contributed by atoms with Crippen molar-refractivity contribution in [3.05, 3.63) is 78.5 Å². The molecular formula is C20H18N2O5. The summed E-state index contributed by atoms with van der Waals surface area (Å²) in [6.07, 6.45) is 4.71. The molecule has 0 aliphatic heterocycles. The summed E-state index contributed by atoms with van der Waals surface area (Å²) < 4.78 is 10.7. The van der Waals surface area contributed by atoms with Crippen molar-refractivity contribution in [2.45, 2.75) is 12.6 Å². The molecule has 0 saturated heterocycles. The first-order valence-corrected chi connectivity index (χ1v) is 8.28. The molecule has 138 valence electrons. The summed E-state index contributed by atoms with van der Waals surface area (Å²) >= 11 is 0. The average Bonchev–Trinajstić information content (AvgIpc) is 3.19. The minimum absolute atomic E-state index is 0.0168. The van der Waals surface area contributed by atoms with Crippen molar-refractivity contribution in [3.8, 4) is 11.1 Å². The Morgan fingerprint density at radius 1 is 1.15 bits per heavy atom. The molecule has 2 heterocycles. The zero-order valence-corrected chi connectivity index (χ0v) is 14.4. The highest BCUT2D eigenvalue weighted by atomic mass is 16.5. The first-order chi connectivity index (χ1) is 13.1. The Labute approximate surface area is 155 Å². The zero-order valence-electron chi connectivity index (χ0n) is 14.4. The highest BCUT2D eigenvalue weighted by Gasteiger charge is 2.23. The molecule has 0 unspecified atom stereocenters. The van der Waals surface area contributed by atoms with E-state index in [0.29, 0.717) is 5.56 Å². The van der Waals surface area contributed by atoms with Gasteiger partial charge in [-0.15, -0.1) is 0 Å². The summed E-state index contributed by atoms with van der Waals surface area (Å²) in [5, 5.41) is 11.7. The fourth-order valence-electron chi connectivity index (χ4n) is 2.41. The lowest BCUT2D eigenvalue weighted by atomic mass is 10.1. The van der Waals surface area contributed by atoms with Gasteiger partial charge < -0.3 is 19.6 Å². The number of aromatic nitrogens is 1. The maximum atomic E-state index is 12.3. The Hall–Kier alpha value is -3.45. The van der Waals surface area contributed by atoms with Gasteiger partial charge in [-0.1, -0.05) is 36.4 Å². The molecule has 27 heavy (non-hydrogen) atoms. The molecule has 2 aromatic heterocycles. The summed E-state index contributed by atoms with van der Waals surface area (Å²) in [5.41, 5.74) is 2.39. The molecule has 1 aromatic carbocycles. The minimum Gasteiger partial charge on any atom is -0.480 e. The van der Waals surface area contributed by atoms with Crippen molar-refractivity contribution in [1.82, 2.24) is 10.3 Å². The maximum Gasteiger partial charge on any atom is 0.328 e. The monoisotopic (exact) mass is 366 g/mol. The van der Waals surface area contributed by atoms with Gasteiger partial charge in [-0.3, -0.25) is 9.78 Å². The van der Waals surface area contributed by atoms with Gasteiger partial charge in [0.1, 0.15) is 0 Å². The Kier molecular flexibility index (Phi) is 5.96. The second-order valence-corrected chi connectivity index (χ2v) is 5.81. The third-order valence-electron chi connectivity index (χ3n) is 3.82. The number of benzene rings is 1. The van der Waals surface area contributed by atoms with Crippen molar-refractivity contribution in [3.63, 3.8) is 0 Å². The van der Waals surface area contributed by atoms with Crippen LogP contribution in [0.4, 0.5) is 0 Å². The predicted molar refractivity (Wildman–Crippen MR) is 96.9 cm³/mol. The second-order valence-electron chi connectivity index (χ2n) is 5.81. The quantitative estimate of drug-likeness (QED) is 0.636. The molecule has 0 spiro atoms. The van der Waals surface area contributed by atoms with Crippen molar-refractivity contribution in [2.75, 3.05) is 6.61 Å². The Balaban J connectivity index is 1.58. The molecule has 0 radical (unpaired) electrons. The van der Waals surface area contributed by atoms with Crippen molar-refractivity contribution in [1.29, 1.82) is 0 Å². The number of carboxylic acid groups (broad SMARTS) is 1. The van der Waals surface area contributed by atoms with Crippen LogP contribution >= 0.6 is 0 Å². The van der Waals surface area contributed by atoms with E-state index in [-0.39, 0.29) is 19.0 Å². The summed E-state index contributed by atoms with van der Waals surface area (Å²) in [6, 6.07) is 13.3. The molecular weight excluding hydrogens is 348 g/mol. The summed E-state index contributed by atoms with van der Waals surface area (Å²) in [6.45, 7) is 0.0958. The number of hydrogen-bond donors (Lipinski definition) is 2. The van der Waals surface area contributed by atoms with Crippen LogP contribution in [0, 0.1) is 0 Å². The number of nitrogens with zero attached hydrogens (tertiary/aromatic N) is 1. The number of hydrogen-bond acceptors (Lipinski definition) is 5. The van der Waals surface area contributed by atoms with Gasteiger partial charge in [-0.05, 0) is 17.7 Å². The van der Waals surface area contributed by atoms with Gasteiger partial charge in [0, 0.05) is 23.5 Å². The van der Waals surface area contributed by atoms with Gasteiger partial charge >= 0.3 is 5.97 Å². The molecule has 7 nitrogen and oxygen atoms in total. The molecule has 0 fully saturated rings. The third kappa shape index (κ3) is 5.02. The van der Waals surface area contributed by atoms with Crippen LogP contribution in [0.3, 0.4) is 0 Å². The van der Waals surface area contributed by atoms with Crippen LogP contribution < -0.4 is 5.32 Å². The van der Waals surface area contributed by atoms with Gasteiger partial charge in [0.2, 0.25) is 0 Å². The Morgan fingerprint density at radius 2 is 1.96 bits per heavy atom.